The van der Waals surface area contributed by atoms with Crippen molar-refractivity contribution < 1.29 is 4.79 Å². The van der Waals surface area contributed by atoms with Gasteiger partial charge in [0.2, 0.25) is 0 Å². The number of benzene rings is 1. The third-order valence-electron chi connectivity index (χ3n) is 2.54. The number of rotatable bonds is 2. The highest BCUT2D eigenvalue weighted by atomic mass is 127. The normalized spacial score (nSPS) is 10.1. The Kier molecular flexibility index (Phi) is 3.81. The molecule has 5 heteroatoms. The van der Waals surface area contributed by atoms with Gasteiger partial charge in [-0.3, -0.25) is 9.78 Å². The minimum atomic E-state index is -0.222. The Morgan fingerprint density at radius 1 is 1.39 bits per heavy atom. The predicted molar refractivity (Wildman–Crippen MR) is 80.5 cm³/mol. The van der Waals surface area contributed by atoms with Crippen molar-refractivity contribution in [2.75, 3.05) is 11.1 Å². The van der Waals surface area contributed by atoms with Gasteiger partial charge < -0.3 is 11.1 Å². The summed E-state index contributed by atoms with van der Waals surface area (Å²) in [5.74, 6) is -0.222. The van der Waals surface area contributed by atoms with Crippen LogP contribution in [0.5, 0.6) is 0 Å². The van der Waals surface area contributed by atoms with E-state index in [1.807, 2.05) is 25.1 Å². The first kappa shape index (κ1) is 12.8. The molecule has 0 spiro atoms. The fourth-order valence-electron chi connectivity index (χ4n) is 1.53. The molecular weight excluding hydrogens is 341 g/mol. The molecule has 0 aliphatic carbocycles. The molecule has 0 aliphatic heterocycles. The molecule has 2 rings (SSSR count). The molecule has 4 nitrogen and oxygen atoms in total. The van der Waals surface area contributed by atoms with Crippen LogP contribution >= 0.6 is 22.6 Å². The number of hydrogen-bond acceptors (Lipinski definition) is 3. The van der Waals surface area contributed by atoms with E-state index >= 15 is 0 Å². The van der Waals surface area contributed by atoms with Crippen LogP contribution in [-0.2, 0) is 0 Å². The number of aryl methyl sites for hydroxylation is 1. The van der Waals surface area contributed by atoms with Crippen LogP contribution < -0.4 is 11.1 Å². The molecule has 0 bridgehead atoms. The van der Waals surface area contributed by atoms with Crippen molar-refractivity contribution in [3.8, 4) is 0 Å². The quantitative estimate of drug-likeness (QED) is 0.816. The summed E-state index contributed by atoms with van der Waals surface area (Å²) in [5.41, 5.74) is 8.33. The average Bonchev–Trinajstić information content (AvgIpc) is 2.34. The van der Waals surface area contributed by atoms with Gasteiger partial charge in [-0.25, -0.2) is 0 Å². The molecule has 0 saturated carbocycles. The summed E-state index contributed by atoms with van der Waals surface area (Å²) in [4.78, 5) is 15.9. The summed E-state index contributed by atoms with van der Waals surface area (Å²) >= 11 is 2.20. The third kappa shape index (κ3) is 2.79. The molecule has 92 valence electrons. The van der Waals surface area contributed by atoms with Crippen LogP contribution in [0.2, 0.25) is 0 Å². The molecule has 2 aromatic rings. The van der Waals surface area contributed by atoms with Gasteiger partial charge in [0.05, 0.1) is 17.4 Å². The number of carbonyl (C=O) groups is 1. The van der Waals surface area contributed by atoms with Crippen molar-refractivity contribution >= 4 is 39.9 Å². The van der Waals surface area contributed by atoms with Crippen LogP contribution in [0, 0.1) is 10.5 Å². The van der Waals surface area contributed by atoms with Gasteiger partial charge in [0.15, 0.2) is 0 Å². The molecule has 0 unspecified atom stereocenters. The van der Waals surface area contributed by atoms with Crippen molar-refractivity contribution in [1.29, 1.82) is 0 Å². The van der Waals surface area contributed by atoms with Crippen molar-refractivity contribution in [2.45, 2.75) is 6.92 Å². The fourth-order valence-corrected chi connectivity index (χ4v) is 2.02. The standard InChI is InChI=1S/C13H12IN3O/c1-8-2-3-9(14)6-12(8)17-13(18)10-4-5-16-7-11(10)15/h2-7H,15H2,1H3,(H,17,18). The highest BCUT2D eigenvalue weighted by Gasteiger charge is 2.10. The van der Waals surface area contributed by atoms with Crippen molar-refractivity contribution in [1.82, 2.24) is 4.98 Å². The van der Waals surface area contributed by atoms with E-state index in [2.05, 4.69) is 32.9 Å². The number of nitrogens with zero attached hydrogens (tertiary/aromatic N) is 1. The maximum atomic E-state index is 12.1. The molecular formula is C13H12IN3O. The number of nitrogens with two attached hydrogens (primary N) is 1. The van der Waals surface area contributed by atoms with E-state index in [1.54, 1.807) is 12.3 Å². The van der Waals surface area contributed by atoms with Gasteiger partial charge in [-0.15, -0.1) is 0 Å². The largest absolute Gasteiger partial charge is 0.397 e. The lowest BCUT2D eigenvalue weighted by molar-refractivity contribution is 0.102. The van der Waals surface area contributed by atoms with Crippen molar-refractivity contribution in [3.63, 3.8) is 0 Å². The second kappa shape index (κ2) is 5.34. The smallest absolute Gasteiger partial charge is 0.257 e. The van der Waals surface area contributed by atoms with Gasteiger partial charge in [-0.1, -0.05) is 6.07 Å². The van der Waals surface area contributed by atoms with Gasteiger partial charge >= 0.3 is 0 Å². The molecule has 18 heavy (non-hydrogen) atoms. The monoisotopic (exact) mass is 353 g/mol. The summed E-state index contributed by atoms with van der Waals surface area (Å²) in [7, 11) is 0. The molecule has 0 fully saturated rings. The van der Waals surface area contributed by atoms with Crippen LogP contribution in [-0.4, -0.2) is 10.9 Å². The first-order chi connectivity index (χ1) is 8.58. The Bertz CT molecular complexity index is 599. The van der Waals surface area contributed by atoms with E-state index in [1.165, 1.54) is 6.20 Å². The molecule has 3 N–H and O–H groups in total. The molecule has 0 atom stereocenters. The van der Waals surface area contributed by atoms with Crippen LogP contribution in [0.3, 0.4) is 0 Å². The fraction of sp³-hybridized carbons (Fsp3) is 0.0769. The van der Waals surface area contributed by atoms with Crippen molar-refractivity contribution in [2.24, 2.45) is 0 Å². The number of aromatic nitrogens is 1. The Labute approximate surface area is 119 Å². The maximum Gasteiger partial charge on any atom is 0.257 e. The minimum Gasteiger partial charge on any atom is -0.397 e. The van der Waals surface area contributed by atoms with E-state index in [4.69, 9.17) is 5.73 Å². The second-order valence-electron chi connectivity index (χ2n) is 3.88. The number of pyridine rings is 1. The first-order valence-corrected chi connectivity index (χ1v) is 6.43. The summed E-state index contributed by atoms with van der Waals surface area (Å²) in [6, 6.07) is 7.48. The summed E-state index contributed by atoms with van der Waals surface area (Å²) in [6.07, 6.45) is 3.02. The number of hydrogen-bond donors (Lipinski definition) is 2. The summed E-state index contributed by atoms with van der Waals surface area (Å²) in [6.45, 7) is 1.95. The molecule has 0 saturated heterocycles. The zero-order valence-electron chi connectivity index (χ0n) is 9.77. The molecule has 0 aliphatic rings. The number of amides is 1. The molecule has 1 aromatic heterocycles. The lowest BCUT2D eigenvalue weighted by Gasteiger charge is -2.10. The summed E-state index contributed by atoms with van der Waals surface area (Å²) in [5, 5.41) is 2.86. The Morgan fingerprint density at radius 3 is 2.89 bits per heavy atom. The van der Waals surface area contributed by atoms with Crippen molar-refractivity contribution in [3.05, 3.63) is 51.4 Å². The number of nitrogens with one attached hydrogen (secondary N) is 1. The van der Waals surface area contributed by atoms with Gasteiger partial charge in [-0.2, -0.15) is 0 Å². The van der Waals surface area contributed by atoms with E-state index in [0.717, 1.165) is 14.8 Å². The Hall–Kier alpha value is -1.63. The van der Waals surface area contributed by atoms with Gasteiger partial charge in [0.25, 0.3) is 5.91 Å². The Morgan fingerprint density at radius 2 is 2.17 bits per heavy atom. The number of anilines is 2. The minimum absolute atomic E-state index is 0.222. The van der Waals surface area contributed by atoms with E-state index in [0.29, 0.717) is 11.3 Å². The lowest BCUT2D eigenvalue weighted by atomic mass is 10.1. The number of halogens is 1. The maximum absolute atomic E-state index is 12.1. The highest BCUT2D eigenvalue weighted by molar-refractivity contribution is 14.1. The van der Waals surface area contributed by atoms with Gasteiger partial charge in [-0.05, 0) is 53.3 Å². The predicted octanol–water partition coefficient (Wildman–Crippen LogP) is 2.83. The van der Waals surface area contributed by atoms with Crippen LogP contribution in [0.4, 0.5) is 11.4 Å². The zero-order valence-corrected chi connectivity index (χ0v) is 11.9. The molecule has 1 amide bonds. The lowest BCUT2D eigenvalue weighted by Crippen LogP contribution is -2.15. The topological polar surface area (TPSA) is 68.0 Å². The second-order valence-corrected chi connectivity index (χ2v) is 5.12. The first-order valence-electron chi connectivity index (χ1n) is 5.35. The highest BCUT2D eigenvalue weighted by Crippen LogP contribution is 2.20. The van der Waals surface area contributed by atoms with E-state index in [9.17, 15) is 4.79 Å². The third-order valence-corrected chi connectivity index (χ3v) is 3.22. The molecule has 1 aromatic carbocycles. The number of nitrogen functional groups attached to an aromatic ring is 1. The molecule has 1 heterocycles. The van der Waals surface area contributed by atoms with Crippen LogP contribution in [0.1, 0.15) is 15.9 Å². The Balaban J connectivity index is 2.27. The van der Waals surface area contributed by atoms with Gasteiger partial charge in [0.1, 0.15) is 0 Å². The van der Waals surface area contributed by atoms with Gasteiger partial charge in [0, 0.05) is 15.5 Å². The zero-order chi connectivity index (χ0) is 13.1. The van der Waals surface area contributed by atoms with Crippen LogP contribution in [0.15, 0.2) is 36.7 Å². The van der Waals surface area contributed by atoms with E-state index in [-0.39, 0.29) is 5.91 Å². The SMILES string of the molecule is Cc1ccc(I)cc1NC(=O)c1ccncc1N. The number of carbonyl (C=O) groups excluding carboxylic acids is 1. The van der Waals surface area contributed by atoms with E-state index < -0.39 is 0 Å². The average molecular weight is 353 g/mol. The summed E-state index contributed by atoms with van der Waals surface area (Å²) < 4.78 is 1.07. The molecule has 0 radical (unpaired) electrons. The van der Waals surface area contributed by atoms with Crippen LogP contribution in [0.25, 0.3) is 0 Å².